The molecule has 0 unspecified atom stereocenters. The van der Waals surface area contributed by atoms with Crippen LogP contribution in [-0.2, 0) is 0 Å². The number of halogens is 1. The zero-order valence-electron chi connectivity index (χ0n) is 7.66. The first-order chi connectivity index (χ1) is 6.29. The molecule has 0 fully saturated rings. The van der Waals surface area contributed by atoms with Crippen molar-refractivity contribution in [3.63, 3.8) is 0 Å². The third-order valence-corrected chi connectivity index (χ3v) is 1.53. The van der Waals surface area contributed by atoms with Gasteiger partial charge in [0.1, 0.15) is 11.5 Å². The van der Waals surface area contributed by atoms with E-state index in [0.717, 1.165) is 0 Å². The van der Waals surface area contributed by atoms with Crippen LogP contribution in [0.25, 0.3) is 11.9 Å². The Morgan fingerprint density at radius 1 is 1.31 bits per heavy atom. The van der Waals surface area contributed by atoms with Crippen molar-refractivity contribution in [3.05, 3.63) is 35.9 Å². The quantitative estimate of drug-likeness (QED) is 0.695. The molecular formula is C10H11FN2. The lowest BCUT2D eigenvalue weighted by molar-refractivity contribution is 0.748. The minimum atomic E-state index is -0.346. The molecule has 1 heterocycles. The first-order valence-corrected chi connectivity index (χ1v) is 4.05. The summed E-state index contributed by atoms with van der Waals surface area (Å²) in [6.45, 7) is 3.48. The molecule has 0 saturated carbocycles. The van der Waals surface area contributed by atoms with Gasteiger partial charge < -0.3 is 0 Å². The first kappa shape index (κ1) is 9.58. The molecule has 0 aliphatic heterocycles. The van der Waals surface area contributed by atoms with E-state index in [1.165, 1.54) is 12.3 Å². The van der Waals surface area contributed by atoms with Gasteiger partial charge in [0, 0.05) is 12.4 Å². The van der Waals surface area contributed by atoms with Crippen LogP contribution >= 0.6 is 0 Å². The summed E-state index contributed by atoms with van der Waals surface area (Å²) < 4.78 is 13.2. The SMILES string of the molecule is C/C=C\c1nccnc1/C(F)=C\C. The van der Waals surface area contributed by atoms with Crippen molar-refractivity contribution in [2.24, 2.45) is 0 Å². The summed E-state index contributed by atoms with van der Waals surface area (Å²) in [7, 11) is 0. The number of hydrogen-bond acceptors (Lipinski definition) is 2. The van der Waals surface area contributed by atoms with Crippen LogP contribution in [0.5, 0.6) is 0 Å². The smallest absolute Gasteiger partial charge is 0.146 e. The predicted octanol–water partition coefficient (Wildman–Crippen LogP) is 2.84. The fourth-order valence-electron chi connectivity index (χ4n) is 0.949. The zero-order valence-corrected chi connectivity index (χ0v) is 7.66. The highest BCUT2D eigenvalue weighted by Crippen LogP contribution is 2.16. The summed E-state index contributed by atoms with van der Waals surface area (Å²) in [6, 6.07) is 0. The van der Waals surface area contributed by atoms with Crippen LogP contribution in [0.2, 0.25) is 0 Å². The third kappa shape index (κ3) is 2.21. The highest BCUT2D eigenvalue weighted by molar-refractivity contribution is 5.64. The lowest BCUT2D eigenvalue weighted by Crippen LogP contribution is -1.92. The van der Waals surface area contributed by atoms with Gasteiger partial charge in [-0.3, -0.25) is 4.98 Å². The highest BCUT2D eigenvalue weighted by Gasteiger charge is 2.05. The Kier molecular flexibility index (Phi) is 3.31. The fourth-order valence-corrected chi connectivity index (χ4v) is 0.949. The van der Waals surface area contributed by atoms with Crippen molar-refractivity contribution >= 4 is 11.9 Å². The molecule has 0 N–H and O–H groups in total. The van der Waals surface area contributed by atoms with Crippen LogP contribution in [0.1, 0.15) is 25.2 Å². The Balaban J connectivity index is 3.19. The molecule has 0 saturated heterocycles. The van der Waals surface area contributed by atoms with Gasteiger partial charge in [-0.1, -0.05) is 6.08 Å². The van der Waals surface area contributed by atoms with E-state index >= 15 is 0 Å². The van der Waals surface area contributed by atoms with E-state index in [2.05, 4.69) is 9.97 Å². The van der Waals surface area contributed by atoms with Crippen LogP contribution < -0.4 is 0 Å². The van der Waals surface area contributed by atoms with Crippen LogP contribution in [0.4, 0.5) is 4.39 Å². The maximum absolute atomic E-state index is 13.2. The number of allylic oxidation sites excluding steroid dienone is 2. The Morgan fingerprint density at radius 3 is 2.62 bits per heavy atom. The first-order valence-electron chi connectivity index (χ1n) is 4.05. The highest BCUT2D eigenvalue weighted by atomic mass is 19.1. The normalized spacial score (nSPS) is 12.4. The summed E-state index contributed by atoms with van der Waals surface area (Å²) in [5, 5.41) is 0. The summed E-state index contributed by atoms with van der Waals surface area (Å²) in [4.78, 5) is 7.92. The molecule has 0 spiro atoms. The molecular weight excluding hydrogens is 167 g/mol. The lowest BCUT2D eigenvalue weighted by Gasteiger charge is -1.99. The van der Waals surface area contributed by atoms with Gasteiger partial charge in [0.2, 0.25) is 0 Å². The van der Waals surface area contributed by atoms with Gasteiger partial charge in [-0.15, -0.1) is 0 Å². The molecule has 0 radical (unpaired) electrons. The molecule has 0 amide bonds. The molecule has 3 heteroatoms. The van der Waals surface area contributed by atoms with Crippen LogP contribution in [0, 0.1) is 0 Å². The van der Waals surface area contributed by atoms with E-state index in [1.54, 1.807) is 25.3 Å². The average Bonchev–Trinajstić information content (AvgIpc) is 2.18. The number of hydrogen-bond donors (Lipinski definition) is 0. The van der Waals surface area contributed by atoms with E-state index in [-0.39, 0.29) is 5.83 Å². The largest absolute Gasteiger partial charge is 0.253 e. The summed E-state index contributed by atoms with van der Waals surface area (Å²) in [5.41, 5.74) is 0.851. The molecule has 0 bridgehead atoms. The Labute approximate surface area is 76.8 Å². The van der Waals surface area contributed by atoms with Gasteiger partial charge in [0.15, 0.2) is 0 Å². The molecule has 1 aromatic heterocycles. The molecule has 0 aromatic carbocycles. The number of rotatable bonds is 2. The lowest BCUT2D eigenvalue weighted by atomic mass is 10.2. The molecule has 0 aliphatic rings. The van der Waals surface area contributed by atoms with E-state index < -0.39 is 0 Å². The van der Waals surface area contributed by atoms with Crippen LogP contribution in [0.3, 0.4) is 0 Å². The van der Waals surface area contributed by atoms with Gasteiger partial charge in [-0.05, 0) is 26.0 Å². The predicted molar refractivity (Wildman–Crippen MR) is 51.5 cm³/mol. The molecule has 0 aliphatic carbocycles. The minimum absolute atomic E-state index is 0.295. The Morgan fingerprint density at radius 2 is 2.00 bits per heavy atom. The van der Waals surface area contributed by atoms with Crippen molar-refractivity contribution < 1.29 is 4.39 Å². The average molecular weight is 178 g/mol. The van der Waals surface area contributed by atoms with Crippen molar-refractivity contribution in [1.29, 1.82) is 0 Å². The summed E-state index contributed by atoms with van der Waals surface area (Å²) in [6.07, 6.45) is 7.92. The number of nitrogens with zero attached hydrogens (tertiary/aromatic N) is 2. The molecule has 1 aromatic rings. The number of aromatic nitrogens is 2. The van der Waals surface area contributed by atoms with E-state index in [9.17, 15) is 4.39 Å². The molecule has 1 rings (SSSR count). The molecule has 2 nitrogen and oxygen atoms in total. The van der Waals surface area contributed by atoms with E-state index in [1.807, 2.05) is 6.92 Å². The topological polar surface area (TPSA) is 25.8 Å². The maximum atomic E-state index is 13.2. The summed E-state index contributed by atoms with van der Waals surface area (Å²) >= 11 is 0. The van der Waals surface area contributed by atoms with Crippen molar-refractivity contribution in [3.8, 4) is 0 Å². The van der Waals surface area contributed by atoms with Crippen LogP contribution in [-0.4, -0.2) is 9.97 Å². The van der Waals surface area contributed by atoms with E-state index in [0.29, 0.717) is 11.4 Å². The van der Waals surface area contributed by atoms with Gasteiger partial charge in [-0.25, -0.2) is 9.37 Å². The van der Waals surface area contributed by atoms with Crippen molar-refractivity contribution in [2.45, 2.75) is 13.8 Å². The molecule has 13 heavy (non-hydrogen) atoms. The van der Waals surface area contributed by atoms with Gasteiger partial charge in [-0.2, -0.15) is 0 Å². The Bertz CT molecular complexity index is 343. The van der Waals surface area contributed by atoms with Crippen molar-refractivity contribution in [1.82, 2.24) is 9.97 Å². The van der Waals surface area contributed by atoms with Crippen molar-refractivity contribution in [2.75, 3.05) is 0 Å². The van der Waals surface area contributed by atoms with Crippen LogP contribution in [0.15, 0.2) is 24.5 Å². The Hall–Kier alpha value is -1.51. The fraction of sp³-hybridized carbons (Fsp3) is 0.200. The zero-order chi connectivity index (χ0) is 9.68. The third-order valence-electron chi connectivity index (χ3n) is 1.53. The van der Waals surface area contributed by atoms with Gasteiger partial charge in [0.25, 0.3) is 0 Å². The minimum Gasteiger partial charge on any atom is -0.253 e. The second-order valence-electron chi connectivity index (χ2n) is 2.43. The molecule has 68 valence electrons. The van der Waals surface area contributed by atoms with Gasteiger partial charge in [0.05, 0.1) is 5.69 Å². The van der Waals surface area contributed by atoms with E-state index in [4.69, 9.17) is 0 Å². The summed E-state index contributed by atoms with van der Waals surface area (Å²) in [5.74, 6) is -0.346. The standard InChI is InChI=1S/C10H11FN2/c1-3-5-9-10(8(11)4-2)13-7-6-12-9/h3-7H,1-2H3/b5-3-,8-4+. The second-order valence-corrected chi connectivity index (χ2v) is 2.43. The van der Waals surface area contributed by atoms with Gasteiger partial charge >= 0.3 is 0 Å². The molecule has 0 atom stereocenters. The maximum Gasteiger partial charge on any atom is 0.146 e. The monoisotopic (exact) mass is 178 g/mol. The second kappa shape index (κ2) is 4.50.